The Morgan fingerprint density at radius 1 is 0.846 bits per heavy atom. The van der Waals surface area contributed by atoms with Gasteiger partial charge in [-0.25, -0.2) is 9.59 Å². The van der Waals surface area contributed by atoms with Gasteiger partial charge >= 0.3 is 12.1 Å². The maximum absolute atomic E-state index is 12.9. The second kappa shape index (κ2) is 21.2. The van der Waals surface area contributed by atoms with Crippen LogP contribution in [0.5, 0.6) is 0 Å². The second-order valence-electron chi connectivity index (χ2n) is 14.7. The number of carbonyl (C=O) groups is 3. The van der Waals surface area contributed by atoms with E-state index in [0.717, 1.165) is 36.0 Å². The Hall–Kier alpha value is -3.59. The van der Waals surface area contributed by atoms with Gasteiger partial charge in [0.25, 0.3) is 0 Å². The molecule has 1 fully saturated rings. The molecule has 13 heteroatoms. The molecule has 7 N–H and O–H groups in total. The molecular weight excluding hydrogens is 670 g/mol. The summed E-state index contributed by atoms with van der Waals surface area (Å²) < 4.78 is 10.2. The molecule has 13 nitrogen and oxygen atoms in total. The predicted molar refractivity (Wildman–Crippen MR) is 196 cm³/mol. The molecule has 2 amide bonds. The molecule has 290 valence electrons. The molecule has 0 aromatic heterocycles. The van der Waals surface area contributed by atoms with Crippen LogP contribution >= 0.6 is 0 Å². The van der Waals surface area contributed by atoms with Crippen molar-refractivity contribution in [3.8, 4) is 11.1 Å². The van der Waals surface area contributed by atoms with Crippen LogP contribution in [0.15, 0.2) is 48.5 Å². The van der Waals surface area contributed by atoms with Gasteiger partial charge in [-0.2, -0.15) is 0 Å². The minimum atomic E-state index is -1.67. The van der Waals surface area contributed by atoms with E-state index in [0.29, 0.717) is 45.3 Å². The largest absolute Gasteiger partial charge is 0.467 e. The van der Waals surface area contributed by atoms with Gasteiger partial charge in [0.1, 0.15) is 30.0 Å². The van der Waals surface area contributed by atoms with Gasteiger partial charge < -0.3 is 50.5 Å². The summed E-state index contributed by atoms with van der Waals surface area (Å²) in [6.07, 6.45) is -1.30. The number of carbonyl (C=O) groups excluding carboxylic acids is 3. The van der Waals surface area contributed by atoms with E-state index in [9.17, 15) is 34.8 Å². The van der Waals surface area contributed by atoms with Crippen LogP contribution in [0.1, 0.15) is 70.4 Å². The van der Waals surface area contributed by atoms with Crippen molar-refractivity contribution >= 4 is 18.0 Å². The van der Waals surface area contributed by atoms with Crippen molar-refractivity contribution in [2.75, 3.05) is 39.9 Å². The number of amides is 2. The zero-order valence-corrected chi connectivity index (χ0v) is 31.0. The van der Waals surface area contributed by atoms with E-state index in [1.54, 1.807) is 0 Å². The third-order valence-corrected chi connectivity index (χ3v) is 9.31. The van der Waals surface area contributed by atoms with Crippen LogP contribution in [0.25, 0.3) is 11.1 Å². The number of likely N-dealkylation sites (tertiary alicyclic amines) is 1. The van der Waals surface area contributed by atoms with Crippen molar-refractivity contribution < 1.29 is 49.4 Å². The molecule has 0 saturated carbocycles. The minimum Gasteiger partial charge on any atom is -0.467 e. The van der Waals surface area contributed by atoms with Gasteiger partial charge in [0, 0.05) is 19.5 Å². The van der Waals surface area contributed by atoms with Gasteiger partial charge in [0.05, 0.1) is 19.8 Å². The monoisotopic (exact) mass is 729 g/mol. The number of esters is 1. The molecule has 2 aromatic rings. The highest BCUT2D eigenvalue weighted by Crippen LogP contribution is 2.24. The van der Waals surface area contributed by atoms with Crippen LogP contribution < -0.4 is 10.6 Å². The summed E-state index contributed by atoms with van der Waals surface area (Å²) in [6, 6.07) is 15.7. The molecule has 0 aliphatic carbocycles. The number of benzene rings is 2. The first-order valence-electron chi connectivity index (χ1n) is 18.3. The van der Waals surface area contributed by atoms with E-state index in [4.69, 9.17) is 14.6 Å². The van der Waals surface area contributed by atoms with Crippen molar-refractivity contribution in [1.82, 2.24) is 15.5 Å². The summed E-state index contributed by atoms with van der Waals surface area (Å²) in [5, 5.41) is 54.4. The predicted octanol–water partition coefficient (Wildman–Crippen LogP) is 2.33. The maximum atomic E-state index is 12.9. The van der Waals surface area contributed by atoms with E-state index in [1.807, 2.05) is 49.9 Å². The third kappa shape index (κ3) is 14.8. The number of piperidine rings is 1. The molecule has 1 aliphatic heterocycles. The van der Waals surface area contributed by atoms with Crippen LogP contribution in [0.3, 0.4) is 0 Å². The second-order valence-corrected chi connectivity index (χ2v) is 14.7. The Kier molecular flexibility index (Phi) is 17.5. The zero-order chi connectivity index (χ0) is 38.3. The van der Waals surface area contributed by atoms with Gasteiger partial charge in [0.2, 0.25) is 5.91 Å². The number of aliphatic hydroxyl groups excluding tert-OH is 5. The fraction of sp³-hybridized carbons (Fsp3) is 0.615. The molecule has 52 heavy (non-hydrogen) atoms. The lowest BCUT2D eigenvalue weighted by Crippen LogP contribution is -2.51. The first kappa shape index (κ1) is 42.8. The van der Waals surface area contributed by atoms with Crippen LogP contribution in [0, 0.1) is 5.92 Å². The average molecular weight is 730 g/mol. The van der Waals surface area contributed by atoms with E-state index in [2.05, 4.69) is 34.9 Å². The molecule has 2 aromatic carbocycles. The smallest absolute Gasteiger partial charge is 0.407 e. The molecule has 0 unspecified atom stereocenters. The first-order chi connectivity index (χ1) is 24.7. The van der Waals surface area contributed by atoms with Gasteiger partial charge in [-0.3, -0.25) is 4.79 Å². The number of aryl methyl sites for hydroxylation is 2. The summed E-state index contributed by atoms with van der Waals surface area (Å²) in [7, 11) is 1.29. The van der Waals surface area contributed by atoms with Crippen LogP contribution in [-0.4, -0.2) is 124 Å². The lowest BCUT2D eigenvalue weighted by atomic mass is 9.89. The number of rotatable bonds is 19. The van der Waals surface area contributed by atoms with Crippen molar-refractivity contribution in [3.05, 3.63) is 59.7 Å². The molecule has 0 spiro atoms. The molecule has 1 aliphatic rings. The van der Waals surface area contributed by atoms with E-state index in [1.165, 1.54) is 12.7 Å². The Morgan fingerprint density at radius 3 is 1.94 bits per heavy atom. The van der Waals surface area contributed by atoms with E-state index < -0.39 is 54.7 Å². The summed E-state index contributed by atoms with van der Waals surface area (Å²) in [5.41, 5.74) is 3.89. The van der Waals surface area contributed by atoms with Crippen molar-refractivity contribution in [3.63, 3.8) is 0 Å². The number of ether oxygens (including phenoxy) is 2. The van der Waals surface area contributed by atoms with Crippen LogP contribution in [0.4, 0.5) is 4.79 Å². The zero-order valence-electron chi connectivity index (χ0n) is 31.0. The fourth-order valence-electron chi connectivity index (χ4n) is 6.24. The van der Waals surface area contributed by atoms with E-state index in [-0.39, 0.29) is 24.8 Å². The number of methoxy groups -OCH3 is 1. The first-order valence-corrected chi connectivity index (χ1v) is 18.3. The number of nitrogens with one attached hydrogen (secondary N) is 2. The summed E-state index contributed by atoms with van der Waals surface area (Å²) >= 11 is 0. The number of unbranched alkanes of at least 4 members (excludes halogenated alkanes) is 1. The van der Waals surface area contributed by atoms with Gasteiger partial charge in [0.15, 0.2) is 0 Å². The standard InChI is InChI=1S/C39H59N3O10/c1-39(2,3)52-38(50)40-20-6-5-7-26-8-13-29(14-9-26)30-15-10-27(11-16-30)12-17-34(46)41-31(37(49)51-4)23-28-18-21-42(22-19-28)24-32(44)35(47)36(48)33(45)25-43/h8-11,13-16,28,31-33,35-36,43-45,47-48H,5-7,12,17-25H2,1-4H3,(H,40,50)(H,41,46)/t31-,32-,33+,35+,36+/m0/s1. The number of hydrogen-bond donors (Lipinski definition) is 7. The minimum absolute atomic E-state index is 0.0761. The highest BCUT2D eigenvalue weighted by atomic mass is 16.6. The quantitative estimate of drug-likeness (QED) is 0.0828. The Bertz CT molecular complexity index is 1370. The van der Waals surface area contributed by atoms with Crippen molar-refractivity contribution in [2.45, 2.75) is 108 Å². The molecular formula is C39H59N3O10. The molecule has 3 rings (SSSR count). The van der Waals surface area contributed by atoms with E-state index >= 15 is 0 Å². The Morgan fingerprint density at radius 2 is 1.40 bits per heavy atom. The number of aliphatic hydroxyl groups is 5. The highest BCUT2D eigenvalue weighted by molar-refractivity contribution is 5.84. The number of nitrogens with zero attached hydrogens (tertiary/aromatic N) is 1. The number of hydrogen-bond acceptors (Lipinski definition) is 11. The van der Waals surface area contributed by atoms with Gasteiger partial charge in [-0.05, 0) is 107 Å². The number of alkyl carbamates (subject to hydrolysis) is 1. The van der Waals surface area contributed by atoms with Crippen molar-refractivity contribution in [2.24, 2.45) is 5.92 Å². The van der Waals surface area contributed by atoms with Gasteiger partial charge in [-0.1, -0.05) is 48.5 Å². The average Bonchev–Trinajstić information content (AvgIpc) is 3.12. The number of β-amino-alcohol motifs (C(OH)–C–C–N with tert-alkyl or cyclic N) is 1. The normalized spacial score (nSPS) is 17.0. The van der Waals surface area contributed by atoms with Crippen LogP contribution in [-0.2, 0) is 31.9 Å². The van der Waals surface area contributed by atoms with Crippen molar-refractivity contribution in [1.29, 1.82) is 0 Å². The SMILES string of the molecule is COC(=O)[C@H](CC1CCN(C[C@H](O)[C@@H](O)[C@H](O)[C@H](O)CO)CC1)NC(=O)CCc1ccc(-c2ccc(CCCCNC(=O)OC(C)(C)C)cc2)cc1. The molecule has 0 radical (unpaired) electrons. The molecule has 1 heterocycles. The Balaban J connectivity index is 1.39. The topological polar surface area (TPSA) is 198 Å². The third-order valence-electron chi connectivity index (χ3n) is 9.31. The lowest BCUT2D eigenvalue weighted by molar-refractivity contribution is -0.145. The summed E-state index contributed by atoms with van der Waals surface area (Å²) in [5.74, 6) is -0.621. The van der Waals surface area contributed by atoms with Crippen LogP contribution in [0.2, 0.25) is 0 Å². The fourth-order valence-corrected chi connectivity index (χ4v) is 6.24. The Labute approximate surface area is 307 Å². The lowest BCUT2D eigenvalue weighted by Gasteiger charge is -2.35. The highest BCUT2D eigenvalue weighted by Gasteiger charge is 2.33. The molecule has 5 atom stereocenters. The summed E-state index contributed by atoms with van der Waals surface area (Å²) in [6.45, 7) is 6.58. The summed E-state index contributed by atoms with van der Waals surface area (Å²) in [4.78, 5) is 39.2. The molecule has 1 saturated heterocycles. The molecule has 0 bridgehead atoms. The maximum Gasteiger partial charge on any atom is 0.407 e. The van der Waals surface area contributed by atoms with Gasteiger partial charge in [-0.15, -0.1) is 0 Å².